The van der Waals surface area contributed by atoms with Gasteiger partial charge in [-0.15, -0.1) is 0 Å². The number of aromatic nitrogens is 2. The first-order valence-corrected chi connectivity index (χ1v) is 11.8. The molecule has 1 unspecified atom stereocenters. The monoisotopic (exact) mass is 501 g/mol. The third-order valence-corrected chi connectivity index (χ3v) is 6.19. The van der Waals surface area contributed by atoms with E-state index in [9.17, 15) is 18.0 Å². The van der Waals surface area contributed by atoms with E-state index in [1.165, 1.54) is 12.1 Å². The fourth-order valence-corrected chi connectivity index (χ4v) is 4.49. The maximum absolute atomic E-state index is 14.5. The number of nitrogens with one attached hydrogen (secondary N) is 4. The lowest BCUT2D eigenvalue weighted by Crippen LogP contribution is -2.41. The van der Waals surface area contributed by atoms with E-state index in [1.54, 1.807) is 18.5 Å². The number of carbonyl (C=O) groups excluding carboxylic acids is 1. The van der Waals surface area contributed by atoms with Gasteiger partial charge in [0.05, 0.1) is 29.7 Å². The minimum atomic E-state index is -2.73. The molecule has 3 aromatic rings. The summed E-state index contributed by atoms with van der Waals surface area (Å²) in [5.74, 6) is -0.600. The summed E-state index contributed by atoms with van der Waals surface area (Å²) < 4.78 is 52.7. The molecule has 2 aliphatic heterocycles. The minimum Gasteiger partial charge on any atom is -0.488 e. The van der Waals surface area contributed by atoms with Crippen LogP contribution < -0.4 is 20.7 Å². The molecule has 0 saturated carbocycles. The maximum Gasteiger partial charge on any atom is 0.255 e. The molecule has 0 bridgehead atoms. The number of H-pyrrole nitrogens is 1. The smallest absolute Gasteiger partial charge is 0.255 e. The highest BCUT2D eigenvalue weighted by molar-refractivity contribution is 6.06. The molecule has 1 atom stereocenters. The number of aromatic amines is 1. The summed E-state index contributed by atoms with van der Waals surface area (Å²) in [5, 5.41) is 9.14. The molecule has 5 rings (SSSR count). The van der Waals surface area contributed by atoms with Crippen LogP contribution in [0.4, 0.5) is 24.5 Å². The number of morpholine rings is 1. The van der Waals surface area contributed by atoms with Crippen LogP contribution in [0, 0.1) is 5.82 Å². The molecule has 0 spiro atoms. The van der Waals surface area contributed by atoms with Crippen molar-refractivity contribution in [3.8, 4) is 17.0 Å². The van der Waals surface area contributed by atoms with Gasteiger partial charge in [-0.25, -0.2) is 13.2 Å². The van der Waals surface area contributed by atoms with Gasteiger partial charge >= 0.3 is 0 Å². The number of hydrogen-bond donors (Lipinski definition) is 4. The van der Waals surface area contributed by atoms with Crippen LogP contribution in [0.5, 0.6) is 5.75 Å². The summed E-state index contributed by atoms with van der Waals surface area (Å²) in [6, 6.07) is 5.83. The van der Waals surface area contributed by atoms with Crippen molar-refractivity contribution in [3.05, 3.63) is 59.3 Å². The van der Waals surface area contributed by atoms with Crippen LogP contribution in [-0.4, -0.2) is 61.3 Å². The highest BCUT2D eigenvalue weighted by Crippen LogP contribution is 2.41. The van der Waals surface area contributed by atoms with E-state index in [-0.39, 0.29) is 29.9 Å². The first-order valence-electron chi connectivity index (χ1n) is 11.8. The Balaban J connectivity index is 1.55. The van der Waals surface area contributed by atoms with Gasteiger partial charge in [0.25, 0.3) is 5.91 Å². The van der Waals surface area contributed by atoms with Crippen LogP contribution in [0.3, 0.4) is 0 Å². The number of ether oxygens (including phenoxy) is 2. The Bertz CT molecular complexity index is 1240. The molecule has 0 aliphatic carbocycles. The average Bonchev–Trinajstić information content (AvgIpc) is 3.25. The van der Waals surface area contributed by atoms with Crippen molar-refractivity contribution in [1.29, 1.82) is 0 Å². The summed E-state index contributed by atoms with van der Waals surface area (Å²) in [6.45, 7) is 2.78. The summed E-state index contributed by atoms with van der Waals surface area (Å²) >= 11 is 0. The lowest BCUT2D eigenvalue weighted by atomic mass is 10.0. The van der Waals surface area contributed by atoms with E-state index >= 15 is 0 Å². The molecular formula is C25H26F3N5O3. The van der Waals surface area contributed by atoms with Crippen LogP contribution in [0.2, 0.25) is 0 Å². The summed E-state index contributed by atoms with van der Waals surface area (Å²) in [6.07, 6.45) is 0.0842. The molecule has 36 heavy (non-hydrogen) atoms. The van der Waals surface area contributed by atoms with Gasteiger partial charge in [0.2, 0.25) is 6.43 Å². The molecule has 4 heterocycles. The summed E-state index contributed by atoms with van der Waals surface area (Å²) in [7, 11) is 0. The first kappa shape index (κ1) is 24.1. The van der Waals surface area contributed by atoms with Crippen molar-refractivity contribution in [3.63, 3.8) is 0 Å². The van der Waals surface area contributed by atoms with Gasteiger partial charge in [-0.3, -0.25) is 9.78 Å². The number of rotatable bonds is 8. The highest BCUT2D eigenvalue weighted by Gasteiger charge is 2.29. The molecule has 1 aromatic carbocycles. The zero-order valence-corrected chi connectivity index (χ0v) is 19.4. The number of carbonyl (C=O) groups is 1. The molecule has 2 aromatic heterocycles. The Hall–Kier alpha value is -3.57. The number of fused-ring (bicyclic) bond motifs is 1. The van der Waals surface area contributed by atoms with Gasteiger partial charge in [-0.1, -0.05) is 6.07 Å². The number of anilines is 2. The fraction of sp³-hybridized carbons (Fsp3) is 0.360. The van der Waals surface area contributed by atoms with Gasteiger partial charge in [0, 0.05) is 61.2 Å². The Morgan fingerprint density at radius 1 is 1.25 bits per heavy atom. The molecule has 11 heteroatoms. The number of alkyl halides is 2. The number of nitrogens with zero attached hydrogens (tertiary/aromatic N) is 1. The summed E-state index contributed by atoms with van der Waals surface area (Å²) in [5.41, 5.74) is 2.54. The van der Waals surface area contributed by atoms with E-state index in [4.69, 9.17) is 9.47 Å². The molecule has 1 saturated heterocycles. The number of hydrogen-bond acceptors (Lipinski definition) is 6. The SMILES string of the molecule is O=C1NCCc2[nH]c(-c3ccncc3OCC3CNCCO3)c(Nc3cccc(F)c3CC(F)F)c21. The largest absolute Gasteiger partial charge is 0.488 e. The molecule has 1 fully saturated rings. The van der Waals surface area contributed by atoms with Gasteiger partial charge in [-0.2, -0.15) is 0 Å². The van der Waals surface area contributed by atoms with Crippen molar-refractivity contribution in [1.82, 2.24) is 20.6 Å². The van der Waals surface area contributed by atoms with E-state index in [0.717, 1.165) is 12.6 Å². The zero-order chi connectivity index (χ0) is 25.1. The second-order valence-electron chi connectivity index (χ2n) is 8.60. The van der Waals surface area contributed by atoms with Gasteiger partial charge < -0.3 is 30.4 Å². The molecular weight excluding hydrogens is 475 g/mol. The lowest BCUT2D eigenvalue weighted by molar-refractivity contribution is 0.000245. The molecule has 190 valence electrons. The molecule has 2 aliphatic rings. The highest BCUT2D eigenvalue weighted by atomic mass is 19.3. The normalized spacial score (nSPS) is 17.6. The van der Waals surface area contributed by atoms with Crippen LogP contribution in [0.25, 0.3) is 11.3 Å². The fourth-order valence-electron chi connectivity index (χ4n) is 4.49. The Labute approximate surface area is 205 Å². The second kappa shape index (κ2) is 10.6. The third-order valence-electron chi connectivity index (χ3n) is 6.19. The van der Waals surface area contributed by atoms with E-state index < -0.39 is 18.7 Å². The topological polar surface area (TPSA) is 100 Å². The number of pyridine rings is 1. The molecule has 4 N–H and O–H groups in total. The molecule has 8 nitrogen and oxygen atoms in total. The van der Waals surface area contributed by atoms with Crippen molar-refractivity contribution >= 4 is 17.3 Å². The predicted octanol–water partition coefficient (Wildman–Crippen LogP) is 3.42. The predicted molar refractivity (Wildman–Crippen MR) is 128 cm³/mol. The summed E-state index contributed by atoms with van der Waals surface area (Å²) in [4.78, 5) is 20.3. The van der Waals surface area contributed by atoms with Crippen molar-refractivity contribution in [2.75, 3.05) is 38.2 Å². The minimum absolute atomic E-state index is 0.128. The van der Waals surface area contributed by atoms with Gasteiger partial charge in [0.1, 0.15) is 24.3 Å². The molecule has 0 radical (unpaired) electrons. The standard InChI is InChI=1S/C25H26F3N5O3/c26-17-2-1-3-18(16(17)10-21(27)28)32-24-22-19(5-7-31-25(22)34)33-23(24)15-4-6-29-12-20(15)36-13-14-11-30-8-9-35-14/h1-4,6,12,14,21,30,32-33H,5,7-11,13H2,(H,31,34). The second-order valence-corrected chi connectivity index (χ2v) is 8.60. The van der Waals surface area contributed by atoms with Crippen molar-refractivity contribution in [2.45, 2.75) is 25.4 Å². The quantitative estimate of drug-likeness (QED) is 0.378. The van der Waals surface area contributed by atoms with Crippen LogP contribution in [-0.2, 0) is 17.6 Å². The van der Waals surface area contributed by atoms with Crippen LogP contribution >= 0.6 is 0 Å². The van der Waals surface area contributed by atoms with E-state index in [1.807, 2.05) is 0 Å². The van der Waals surface area contributed by atoms with Gasteiger partial charge in [0.15, 0.2) is 0 Å². The Morgan fingerprint density at radius 2 is 2.14 bits per heavy atom. The van der Waals surface area contributed by atoms with E-state index in [2.05, 4.69) is 25.9 Å². The van der Waals surface area contributed by atoms with Crippen LogP contribution in [0.15, 0.2) is 36.7 Å². The van der Waals surface area contributed by atoms with E-state index in [0.29, 0.717) is 60.1 Å². The van der Waals surface area contributed by atoms with Gasteiger partial charge in [-0.05, 0) is 18.2 Å². The maximum atomic E-state index is 14.5. The number of amides is 1. The Morgan fingerprint density at radius 3 is 2.94 bits per heavy atom. The average molecular weight is 502 g/mol. The number of benzene rings is 1. The lowest BCUT2D eigenvalue weighted by Gasteiger charge is -2.24. The van der Waals surface area contributed by atoms with Crippen molar-refractivity contribution in [2.24, 2.45) is 0 Å². The third kappa shape index (κ3) is 5.02. The first-order chi connectivity index (χ1) is 17.5. The number of halogens is 3. The zero-order valence-electron chi connectivity index (χ0n) is 19.4. The van der Waals surface area contributed by atoms with Crippen LogP contribution in [0.1, 0.15) is 21.6 Å². The molecule has 1 amide bonds. The Kier molecular flexibility index (Phi) is 7.10. The van der Waals surface area contributed by atoms with Crippen molar-refractivity contribution < 1.29 is 27.4 Å².